The van der Waals surface area contributed by atoms with Gasteiger partial charge in [-0.25, -0.2) is 0 Å². The summed E-state index contributed by atoms with van der Waals surface area (Å²) in [6, 6.07) is 0.560. The largest absolute Gasteiger partial charge is 0.394 e. The van der Waals surface area contributed by atoms with Crippen LogP contribution in [0.2, 0.25) is 0 Å². The number of rotatable bonds is 6. The van der Waals surface area contributed by atoms with Crippen LogP contribution in [0.15, 0.2) is 0 Å². The number of nitrogens with one attached hydrogen (secondary N) is 1. The van der Waals surface area contributed by atoms with Crippen molar-refractivity contribution >= 4 is 0 Å². The molecule has 2 N–H and O–H groups in total. The van der Waals surface area contributed by atoms with Crippen LogP contribution in [0.3, 0.4) is 0 Å². The Hall–Kier alpha value is -0.120. The second kappa shape index (κ2) is 6.76. The summed E-state index contributed by atoms with van der Waals surface area (Å²) < 4.78 is 0. The summed E-state index contributed by atoms with van der Waals surface area (Å²) in [6.07, 6.45) is 9.69. The fraction of sp³-hybridized carbons (Fsp3) is 1.00. The van der Waals surface area contributed by atoms with E-state index < -0.39 is 0 Å². The van der Waals surface area contributed by atoms with Gasteiger partial charge in [-0.15, -0.1) is 0 Å². The molecule has 1 heterocycles. The molecule has 2 rings (SSSR count). The van der Waals surface area contributed by atoms with Crippen molar-refractivity contribution in [2.75, 3.05) is 26.2 Å². The normalized spacial score (nSPS) is 27.6. The average Bonchev–Trinajstić information content (AvgIpc) is 2.88. The lowest BCUT2D eigenvalue weighted by molar-refractivity contribution is 0.0579. The van der Waals surface area contributed by atoms with Crippen LogP contribution in [-0.2, 0) is 0 Å². The predicted molar refractivity (Wildman–Crippen MR) is 85.0 cm³/mol. The van der Waals surface area contributed by atoms with Crippen LogP contribution in [0.25, 0.3) is 0 Å². The van der Waals surface area contributed by atoms with Crippen LogP contribution < -0.4 is 5.32 Å². The highest BCUT2D eigenvalue weighted by Crippen LogP contribution is 2.46. The Morgan fingerprint density at radius 1 is 1.20 bits per heavy atom. The van der Waals surface area contributed by atoms with E-state index in [0.717, 1.165) is 13.0 Å². The van der Waals surface area contributed by atoms with Crippen molar-refractivity contribution in [1.82, 2.24) is 10.2 Å². The monoisotopic (exact) mass is 282 g/mol. The number of aliphatic hydroxyl groups excluding tert-OH is 1. The van der Waals surface area contributed by atoms with Crippen molar-refractivity contribution in [2.45, 2.75) is 77.3 Å². The molecule has 20 heavy (non-hydrogen) atoms. The molecule has 0 aromatic heterocycles. The van der Waals surface area contributed by atoms with Crippen LogP contribution in [0.5, 0.6) is 0 Å². The van der Waals surface area contributed by atoms with Crippen LogP contribution >= 0.6 is 0 Å². The Morgan fingerprint density at radius 3 is 2.30 bits per heavy atom. The molecule has 1 spiro atoms. The summed E-state index contributed by atoms with van der Waals surface area (Å²) in [6.45, 7) is 10.3. The molecule has 2 unspecified atom stereocenters. The third kappa shape index (κ3) is 3.75. The molecule has 2 fully saturated rings. The van der Waals surface area contributed by atoms with E-state index in [4.69, 9.17) is 0 Å². The number of piperidine rings is 1. The van der Waals surface area contributed by atoms with Gasteiger partial charge in [-0.1, -0.05) is 19.8 Å². The third-order valence-corrected chi connectivity index (χ3v) is 5.84. The molecule has 0 bridgehead atoms. The maximum absolute atomic E-state index is 9.65. The first-order valence-electron chi connectivity index (χ1n) is 8.62. The first-order valence-corrected chi connectivity index (χ1v) is 8.62. The highest BCUT2D eigenvalue weighted by Gasteiger charge is 2.38. The summed E-state index contributed by atoms with van der Waals surface area (Å²) in [5.41, 5.74) is 0.578. The number of likely N-dealkylation sites (tertiary alicyclic amines) is 1. The van der Waals surface area contributed by atoms with Crippen LogP contribution in [-0.4, -0.2) is 47.8 Å². The molecule has 118 valence electrons. The van der Waals surface area contributed by atoms with Crippen molar-refractivity contribution in [3.05, 3.63) is 0 Å². The fourth-order valence-corrected chi connectivity index (χ4v) is 4.46. The van der Waals surface area contributed by atoms with Gasteiger partial charge in [0.25, 0.3) is 0 Å². The predicted octanol–water partition coefficient (Wildman–Crippen LogP) is 2.78. The van der Waals surface area contributed by atoms with Crippen LogP contribution in [0.1, 0.15) is 65.7 Å². The van der Waals surface area contributed by atoms with E-state index in [-0.39, 0.29) is 12.1 Å². The van der Waals surface area contributed by atoms with Gasteiger partial charge in [-0.3, -0.25) is 0 Å². The van der Waals surface area contributed by atoms with E-state index in [2.05, 4.69) is 31.0 Å². The number of likely N-dealkylation sites (N-methyl/N-ethyl adjacent to an activating group) is 1. The van der Waals surface area contributed by atoms with E-state index in [0.29, 0.717) is 11.5 Å². The summed E-state index contributed by atoms with van der Waals surface area (Å²) in [7, 11) is 0. The zero-order valence-corrected chi connectivity index (χ0v) is 13.7. The molecular formula is C17H34N2O. The number of hydrogen-bond acceptors (Lipinski definition) is 3. The molecule has 1 aliphatic carbocycles. The highest BCUT2D eigenvalue weighted by molar-refractivity contribution is 4.93. The van der Waals surface area contributed by atoms with Crippen molar-refractivity contribution in [3.63, 3.8) is 0 Å². The molecule has 0 radical (unpaired) electrons. The summed E-state index contributed by atoms with van der Waals surface area (Å²) >= 11 is 0. The Morgan fingerprint density at radius 2 is 1.80 bits per heavy atom. The van der Waals surface area contributed by atoms with Gasteiger partial charge in [0, 0.05) is 11.6 Å². The molecular weight excluding hydrogens is 248 g/mol. The van der Waals surface area contributed by atoms with Crippen molar-refractivity contribution in [1.29, 1.82) is 0 Å². The lowest BCUT2D eigenvalue weighted by Crippen LogP contribution is -2.52. The molecule has 0 aromatic carbocycles. The van der Waals surface area contributed by atoms with Gasteiger partial charge in [0.15, 0.2) is 0 Å². The fourth-order valence-electron chi connectivity index (χ4n) is 4.46. The third-order valence-electron chi connectivity index (χ3n) is 5.84. The molecule has 1 saturated heterocycles. The second-order valence-corrected chi connectivity index (χ2v) is 7.55. The SMILES string of the molecule is CCNC(C)(CO)CC(C)N1CCC2(CCCC2)CC1. The minimum Gasteiger partial charge on any atom is -0.394 e. The molecule has 3 nitrogen and oxygen atoms in total. The molecule has 2 atom stereocenters. The average molecular weight is 282 g/mol. The first kappa shape index (κ1) is 16.3. The van der Waals surface area contributed by atoms with E-state index in [1.165, 1.54) is 51.6 Å². The number of nitrogens with zero attached hydrogens (tertiary/aromatic N) is 1. The Kier molecular flexibility index (Phi) is 5.49. The Balaban J connectivity index is 1.83. The van der Waals surface area contributed by atoms with E-state index in [9.17, 15) is 5.11 Å². The molecule has 0 aromatic rings. The van der Waals surface area contributed by atoms with Crippen LogP contribution in [0, 0.1) is 5.41 Å². The van der Waals surface area contributed by atoms with Gasteiger partial charge in [-0.05, 0) is 71.0 Å². The zero-order chi connectivity index (χ0) is 14.6. The Labute approximate surface area is 125 Å². The lowest BCUT2D eigenvalue weighted by atomic mass is 9.76. The summed E-state index contributed by atoms with van der Waals surface area (Å²) in [4.78, 5) is 2.65. The minimum atomic E-state index is -0.128. The van der Waals surface area contributed by atoms with E-state index >= 15 is 0 Å². The van der Waals surface area contributed by atoms with Gasteiger partial charge in [0.05, 0.1) is 6.61 Å². The number of aliphatic hydroxyl groups is 1. The maximum atomic E-state index is 9.65. The molecule has 3 heteroatoms. The Bertz CT molecular complexity index is 291. The molecule has 1 aliphatic heterocycles. The highest BCUT2D eigenvalue weighted by atomic mass is 16.3. The minimum absolute atomic E-state index is 0.128. The smallest absolute Gasteiger partial charge is 0.0611 e. The molecule has 1 saturated carbocycles. The van der Waals surface area contributed by atoms with Gasteiger partial charge in [0.1, 0.15) is 0 Å². The maximum Gasteiger partial charge on any atom is 0.0611 e. The summed E-state index contributed by atoms with van der Waals surface area (Å²) in [5.74, 6) is 0. The van der Waals surface area contributed by atoms with Gasteiger partial charge < -0.3 is 15.3 Å². The number of hydrogen-bond donors (Lipinski definition) is 2. The second-order valence-electron chi connectivity index (χ2n) is 7.55. The standard InChI is InChI=1S/C17H34N2O/c1-4-18-16(3,14-20)13-15(2)19-11-9-17(10-12-19)7-5-6-8-17/h15,18,20H,4-14H2,1-3H3. The van der Waals surface area contributed by atoms with Crippen molar-refractivity contribution in [2.24, 2.45) is 5.41 Å². The quantitative estimate of drug-likeness (QED) is 0.786. The van der Waals surface area contributed by atoms with E-state index in [1.54, 1.807) is 0 Å². The first-order chi connectivity index (χ1) is 9.52. The van der Waals surface area contributed by atoms with Gasteiger partial charge in [0.2, 0.25) is 0 Å². The molecule has 2 aliphatic rings. The zero-order valence-electron chi connectivity index (χ0n) is 13.7. The van der Waals surface area contributed by atoms with Gasteiger partial charge >= 0.3 is 0 Å². The van der Waals surface area contributed by atoms with Crippen molar-refractivity contribution < 1.29 is 5.11 Å². The van der Waals surface area contributed by atoms with Crippen LogP contribution in [0.4, 0.5) is 0 Å². The summed E-state index contributed by atoms with van der Waals surface area (Å²) in [5, 5.41) is 13.1. The van der Waals surface area contributed by atoms with Crippen molar-refractivity contribution in [3.8, 4) is 0 Å². The molecule has 0 amide bonds. The topological polar surface area (TPSA) is 35.5 Å². The lowest BCUT2D eigenvalue weighted by Gasteiger charge is -2.44. The van der Waals surface area contributed by atoms with Gasteiger partial charge in [-0.2, -0.15) is 0 Å². The van der Waals surface area contributed by atoms with E-state index in [1.807, 2.05) is 0 Å².